The third-order valence-electron chi connectivity index (χ3n) is 5.11. The van der Waals surface area contributed by atoms with Crippen molar-refractivity contribution in [1.82, 2.24) is 14.9 Å². The molecule has 1 amide bonds. The number of carbonyl (C=O) groups excluding carboxylic acids is 1. The highest BCUT2D eigenvalue weighted by Crippen LogP contribution is 2.40. The van der Waals surface area contributed by atoms with Crippen LogP contribution in [0.3, 0.4) is 0 Å². The number of hydrogen-bond donors (Lipinski definition) is 2. The van der Waals surface area contributed by atoms with Gasteiger partial charge in [-0.15, -0.1) is 0 Å². The number of nitrogens with one attached hydrogen (secondary N) is 1. The van der Waals surface area contributed by atoms with E-state index in [2.05, 4.69) is 9.88 Å². The average Bonchev–Trinajstić information content (AvgIpc) is 3.22. The lowest BCUT2D eigenvalue weighted by molar-refractivity contribution is -0.121. The summed E-state index contributed by atoms with van der Waals surface area (Å²) in [7, 11) is 0. The Morgan fingerprint density at radius 3 is 2.83 bits per heavy atom. The van der Waals surface area contributed by atoms with Crippen LogP contribution in [0.2, 0.25) is 0 Å². The van der Waals surface area contributed by atoms with Crippen molar-refractivity contribution in [3.63, 3.8) is 0 Å². The number of benzene rings is 1. The maximum Gasteiger partial charge on any atom is 0.240 e. The summed E-state index contributed by atoms with van der Waals surface area (Å²) >= 11 is 0. The summed E-state index contributed by atoms with van der Waals surface area (Å²) in [6.45, 7) is 0.889. The fourth-order valence-electron chi connectivity index (χ4n) is 3.61. The zero-order valence-corrected chi connectivity index (χ0v) is 13.2. The summed E-state index contributed by atoms with van der Waals surface area (Å²) in [6.07, 6.45) is 4.99. The van der Waals surface area contributed by atoms with Gasteiger partial charge in [0.05, 0.1) is 17.1 Å². The van der Waals surface area contributed by atoms with Crippen LogP contribution in [-0.2, 0) is 11.3 Å². The Kier molecular flexibility index (Phi) is 3.81. The van der Waals surface area contributed by atoms with Gasteiger partial charge in [-0.25, -0.2) is 4.98 Å². The zero-order chi connectivity index (χ0) is 15.8. The minimum atomic E-state index is -0.258. The van der Waals surface area contributed by atoms with Crippen molar-refractivity contribution >= 4 is 16.9 Å². The molecule has 122 valence electrons. The lowest BCUT2D eigenvalue weighted by Gasteiger charge is -2.16. The molecule has 2 unspecified atom stereocenters. The predicted molar refractivity (Wildman–Crippen MR) is 88.1 cm³/mol. The van der Waals surface area contributed by atoms with Gasteiger partial charge in [0.25, 0.3) is 0 Å². The van der Waals surface area contributed by atoms with E-state index in [1.807, 2.05) is 24.3 Å². The van der Waals surface area contributed by atoms with E-state index >= 15 is 0 Å². The number of amides is 1. The van der Waals surface area contributed by atoms with Gasteiger partial charge in [0.2, 0.25) is 5.91 Å². The molecule has 0 radical (unpaired) electrons. The lowest BCUT2D eigenvalue weighted by Crippen LogP contribution is -2.34. The van der Waals surface area contributed by atoms with Crippen molar-refractivity contribution in [2.75, 3.05) is 6.54 Å². The smallest absolute Gasteiger partial charge is 0.240 e. The minimum Gasteiger partial charge on any atom is -0.393 e. The molecule has 2 atom stereocenters. The Labute approximate surface area is 135 Å². The Balaban J connectivity index is 1.48. The summed E-state index contributed by atoms with van der Waals surface area (Å²) in [6, 6.07) is 8.01. The molecule has 0 spiro atoms. The Bertz CT molecular complexity index is 720. The van der Waals surface area contributed by atoms with Gasteiger partial charge in [0, 0.05) is 18.4 Å². The van der Waals surface area contributed by atoms with Gasteiger partial charge in [0.15, 0.2) is 0 Å². The molecule has 2 saturated carbocycles. The average molecular weight is 313 g/mol. The first-order valence-electron chi connectivity index (χ1n) is 8.62. The summed E-state index contributed by atoms with van der Waals surface area (Å²) < 4.78 is 2.06. The Morgan fingerprint density at radius 1 is 1.26 bits per heavy atom. The third-order valence-corrected chi connectivity index (χ3v) is 5.11. The van der Waals surface area contributed by atoms with Crippen LogP contribution < -0.4 is 5.32 Å². The second-order valence-electron chi connectivity index (χ2n) is 6.88. The molecule has 0 bridgehead atoms. The van der Waals surface area contributed by atoms with Crippen molar-refractivity contribution in [3.05, 3.63) is 30.1 Å². The fraction of sp³-hybridized carbons (Fsp3) is 0.556. The molecule has 2 fully saturated rings. The van der Waals surface area contributed by atoms with Gasteiger partial charge < -0.3 is 15.0 Å². The summed E-state index contributed by atoms with van der Waals surface area (Å²) in [5, 5.41) is 12.9. The van der Waals surface area contributed by atoms with E-state index in [4.69, 9.17) is 4.98 Å². The maximum absolute atomic E-state index is 12.4. The van der Waals surface area contributed by atoms with Crippen LogP contribution >= 0.6 is 0 Å². The molecule has 5 heteroatoms. The number of fused-ring (bicyclic) bond motifs is 1. The number of aromatic nitrogens is 2. The fourth-order valence-corrected chi connectivity index (χ4v) is 3.61. The number of aliphatic hydroxyl groups excluding tert-OH is 1. The van der Waals surface area contributed by atoms with Crippen molar-refractivity contribution in [2.24, 2.45) is 5.92 Å². The highest BCUT2D eigenvalue weighted by atomic mass is 16.3. The molecule has 2 aromatic rings. The van der Waals surface area contributed by atoms with E-state index in [-0.39, 0.29) is 17.9 Å². The molecule has 0 aliphatic heterocycles. The first-order chi connectivity index (χ1) is 11.2. The molecule has 4 rings (SSSR count). The molecule has 2 aliphatic rings. The minimum absolute atomic E-state index is 0.00848. The van der Waals surface area contributed by atoms with Gasteiger partial charge in [-0.2, -0.15) is 0 Å². The van der Waals surface area contributed by atoms with Crippen molar-refractivity contribution < 1.29 is 9.90 Å². The standard InChI is InChI=1S/C18H23N3O2/c22-16-7-3-4-13(16)10-19-17(23)11-21-15-6-2-1-5-14(15)20-18(21)12-8-9-12/h1-2,5-6,12-13,16,22H,3-4,7-11H2,(H,19,23). The summed E-state index contributed by atoms with van der Waals surface area (Å²) in [5.74, 6) is 1.77. The molecular formula is C18H23N3O2. The molecule has 5 nitrogen and oxygen atoms in total. The molecule has 1 aromatic heterocycles. The third kappa shape index (κ3) is 2.98. The molecule has 23 heavy (non-hydrogen) atoms. The van der Waals surface area contributed by atoms with Gasteiger partial charge in [-0.1, -0.05) is 18.6 Å². The van der Waals surface area contributed by atoms with Gasteiger partial charge in [0.1, 0.15) is 12.4 Å². The number of para-hydroxylation sites is 2. The van der Waals surface area contributed by atoms with Crippen LogP contribution in [0.4, 0.5) is 0 Å². The van der Waals surface area contributed by atoms with Crippen LogP contribution in [0, 0.1) is 5.92 Å². The first kappa shape index (κ1) is 14.7. The molecule has 2 N–H and O–H groups in total. The van der Waals surface area contributed by atoms with Crippen LogP contribution in [0.25, 0.3) is 11.0 Å². The van der Waals surface area contributed by atoms with Crippen LogP contribution in [-0.4, -0.2) is 33.2 Å². The predicted octanol–water partition coefficient (Wildman–Crippen LogP) is 2.19. The number of hydrogen-bond acceptors (Lipinski definition) is 3. The van der Waals surface area contributed by atoms with Crippen molar-refractivity contribution in [2.45, 2.75) is 50.7 Å². The summed E-state index contributed by atoms with van der Waals surface area (Å²) in [4.78, 5) is 17.1. The summed E-state index contributed by atoms with van der Waals surface area (Å²) in [5.41, 5.74) is 2.00. The second-order valence-corrected chi connectivity index (χ2v) is 6.88. The Hall–Kier alpha value is -1.88. The monoisotopic (exact) mass is 313 g/mol. The van der Waals surface area contributed by atoms with Crippen LogP contribution in [0.15, 0.2) is 24.3 Å². The number of aliphatic hydroxyl groups is 1. The van der Waals surface area contributed by atoms with Crippen molar-refractivity contribution in [3.8, 4) is 0 Å². The SMILES string of the molecule is O=C(Cn1c(C2CC2)nc2ccccc21)NCC1CCCC1O. The van der Waals surface area contributed by atoms with Gasteiger partial charge in [-0.05, 0) is 37.8 Å². The lowest BCUT2D eigenvalue weighted by atomic mass is 10.1. The molecule has 2 aliphatic carbocycles. The van der Waals surface area contributed by atoms with E-state index in [0.29, 0.717) is 19.0 Å². The number of nitrogens with zero attached hydrogens (tertiary/aromatic N) is 2. The van der Waals surface area contributed by atoms with Crippen LogP contribution in [0.1, 0.15) is 43.8 Å². The van der Waals surface area contributed by atoms with Gasteiger partial charge in [-0.3, -0.25) is 4.79 Å². The van der Waals surface area contributed by atoms with E-state index in [1.54, 1.807) is 0 Å². The largest absolute Gasteiger partial charge is 0.393 e. The van der Waals surface area contributed by atoms with E-state index < -0.39 is 0 Å². The number of rotatable bonds is 5. The Morgan fingerprint density at radius 2 is 2.09 bits per heavy atom. The van der Waals surface area contributed by atoms with E-state index in [9.17, 15) is 9.90 Å². The molecule has 1 aromatic carbocycles. The highest BCUT2D eigenvalue weighted by Gasteiger charge is 2.30. The second kappa shape index (κ2) is 5.96. The van der Waals surface area contributed by atoms with E-state index in [0.717, 1.165) is 36.1 Å². The first-order valence-corrected chi connectivity index (χ1v) is 8.62. The zero-order valence-electron chi connectivity index (χ0n) is 13.2. The molecule has 1 heterocycles. The quantitative estimate of drug-likeness (QED) is 0.889. The highest BCUT2D eigenvalue weighted by molar-refractivity contribution is 5.81. The van der Waals surface area contributed by atoms with Crippen LogP contribution in [0.5, 0.6) is 0 Å². The molecule has 0 saturated heterocycles. The van der Waals surface area contributed by atoms with Crippen molar-refractivity contribution in [1.29, 1.82) is 0 Å². The maximum atomic E-state index is 12.4. The number of imidazole rings is 1. The van der Waals surface area contributed by atoms with E-state index in [1.165, 1.54) is 12.8 Å². The number of carbonyl (C=O) groups is 1. The molecular weight excluding hydrogens is 290 g/mol. The normalized spacial score (nSPS) is 24.2. The topological polar surface area (TPSA) is 67.2 Å². The van der Waals surface area contributed by atoms with Gasteiger partial charge >= 0.3 is 0 Å².